The number of nitrogens with zero attached hydrogens (tertiary/aromatic N) is 2. The van der Waals surface area contributed by atoms with Gasteiger partial charge in [-0.2, -0.15) is 0 Å². The van der Waals surface area contributed by atoms with Gasteiger partial charge in [-0.1, -0.05) is 18.2 Å². The van der Waals surface area contributed by atoms with Gasteiger partial charge >= 0.3 is 0 Å². The summed E-state index contributed by atoms with van der Waals surface area (Å²) < 4.78 is 64.1. The van der Waals surface area contributed by atoms with Crippen LogP contribution in [-0.4, -0.2) is 54.3 Å². The third-order valence-corrected chi connectivity index (χ3v) is 9.08. The highest BCUT2D eigenvalue weighted by molar-refractivity contribution is 7.92. The molecule has 37 heavy (non-hydrogen) atoms. The van der Waals surface area contributed by atoms with E-state index in [1.165, 1.54) is 24.5 Å². The van der Waals surface area contributed by atoms with E-state index in [-0.39, 0.29) is 40.5 Å². The molecule has 2 aliphatic carbocycles. The Labute approximate surface area is 214 Å². The van der Waals surface area contributed by atoms with E-state index in [0.29, 0.717) is 30.7 Å². The molecule has 1 aliphatic heterocycles. The predicted molar refractivity (Wildman–Crippen MR) is 132 cm³/mol. The Bertz CT molecular complexity index is 1280. The number of ether oxygens (including phenoxy) is 2. The van der Waals surface area contributed by atoms with Crippen LogP contribution in [0.3, 0.4) is 0 Å². The van der Waals surface area contributed by atoms with E-state index in [0.717, 1.165) is 0 Å². The fourth-order valence-corrected chi connectivity index (χ4v) is 6.28. The number of hydrogen-bond donors (Lipinski definition) is 1. The zero-order valence-electron chi connectivity index (χ0n) is 20.6. The third kappa shape index (κ3) is 5.73. The van der Waals surface area contributed by atoms with Crippen LogP contribution in [0.4, 0.5) is 14.6 Å². The number of amides is 1. The van der Waals surface area contributed by atoms with E-state index in [4.69, 9.17) is 9.47 Å². The van der Waals surface area contributed by atoms with Crippen LogP contribution in [0.25, 0.3) is 5.57 Å². The number of rotatable bonds is 7. The Morgan fingerprint density at radius 1 is 1.08 bits per heavy atom. The van der Waals surface area contributed by atoms with Gasteiger partial charge in [0.05, 0.1) is 34.8 Å². The van der Waals surface area contributed by atoms with Gasteiger partial charge in [-0.05, 0) is 63.1 Å². The fourth-order valence-electron chi connectivity index (χ4n) is 4.63. The Morgan fingerprint density at radius 3 is 2.30 bits per heavy atom. The second kappa shape index (κ2) is 9.85. The van der Waals surface area contributed by atoms with Gasteiger partial charge in [-0.3, -0.25) is 9.78 Å². The van der Waals surface area contributed by atoms with E-state index < -0.39 is 39.8 Å². The molecule has 1 aromatic carbocycles. The molecule has 1 aromatic heterocycles. The summed E-state index contributed by atoms with van der Waals surface area (Å²) >= 11 is 0. The van der Waals surface area contributed by atoms with Gasteiger partial charge in [0, 0.05) is 5.57 Å². The SMILES string of the molecule is CC1(C)OC[C@@H](c2cnc(NC(=O)C(=CC3C[C@@H](F)[C@@H](F)C3)c3ccc(S(=O)(=O)C4CC4)cc3)cn2)O1. The lowest BCUT2D eigenvalue weighted by molar-refractivity contribution is -0.139. The molecule has 1 N–H and O–H groups in total. The number of carbonyl (C=O) groups is 1. The number of carbonyl (C=O) groups excluding carboxylic acids is 1. The average Bonchev–Trinajstić information content (AvgIpc) is 3.60. The summed E-state index contributed by atoms with van der Waals surface area (Å²) in [5.41, 5.74) is 1.18. The Hall–Kier alpha value is -2.76. The van der Waals surface area contributed by atoms with E-state index in [2.05, 4.69) is 15.3 Å². The standard InChI is InChI=1S/C26H29F2N3O5S/c1-26(2)35-14-23(36-26)22-12-30-24(13-29-22)31-25(32)19(9-15-10-20(27)21(28)11-15)16-3-5-17(6-4-16)37(33,34)18-7-8-18/h3-6,9,12-13,15,18,20-21,23H,7-8,10-11,14H2,1-2H3,(H,30,31,32)/t15?,20-,21+,23-/m0/s1. The van der Waals surface area contributed by atoms with E-state index >= 15 is 0 Å². The number of alkyl halides is 2. The van der Waals surface area contributed by atoms with Crippen molar-refractivity contribution in [2.45, 2.75) is 73.9 Å². The minimum Gasteiger partial charge on any atom is -0.347 e. The van der Waals surface area contributed by atoms with Crippen molar-refractivity contribution >= 4 is 27.1 Å². The molecule has 1 unspecified atom stereocenters. The van der Waals surface area contributed by atoms with Crippen molar-refractivity contribution in [1.29, 1.82) is 0 Å². The molecule has 1 amide bonds. The molecular weight excluding hydrogens is 504 g/mol. The zero-order chi connectivity index (χ0) is 26.4. The zero-order valence-corrected chi connectivity index (χ0v) is 21.4. The van der Waals surface area contributed by atoms with Crippen molar-refractivity contribution in [3.63, 3.8) is 0 Å². The first-order chi connectivity index (χ1) is 17.5. The molecule has 0 bridgehead atoms. The van der Waals surface area contributed by atoms with Crippen molar-refractivity contribution in [2.24, 2.45) is 5.92 Å². The Kier molecular flexibility index (Phi) is 6.88. The number of halogens is 2. The minimum atomic E-state index is -3.39. The topological polar surface area (TPSA) is 107 Å². The third-order valence-electron chi connectivity index (χ3n) is 6.80. The summed E-state index contributed by atoms with van der Waals surface area (Å²) in [6.07, 6.45) is 2.14. The van der Waals surface area contributed by atoms with Gasteiger partial charge in [-0.25, -0.2) is 22.2 Å². The normalized spacial score (nSPS) is 27.8. The first-order valence-electron chi connectivity index (χ1n) is 12.3. The number of benzene rings is 1. The number of allylic oxidation sites excluding steroid dienone is 1. The van der Waals surface area contributed by atoms with Gasteiger partial charge in [0.15, 0.2) is 21.4 Å². The van der Waals surface area contributed by atoms with E-state index in [1.54, 1.807) is 32.1 Å². The lowest BCUT2D eigenvalue weighted by Gasteiger charge is -2.16. The Balaban J connectivity index is 1.36. The maximum Gasteiger partial charge on any atom is 0.257 e. The molecule has 2 heterocycles. The molecule has 3 fully saturated rings. The molecule has 0 radical (unpaired) electrons. The number of anilines is 1. The summed E-state index contributed by atoms with van der Waals surface area (Å²) in [6, 6.07) is 6.02. The van der Waals surface area contributed by atoms with E-state index in [1.807, 2.05) is 0 Å². The largest absolute Gasteiger partial charge is 0.347 e. The smallest absolute Gasteiger partial charge is 0.257 e. The van der Waals surface area contributed by atoms with Crippen molar-refractivity contribution in [3.05, 3.63) is 54.0 Å². The highest BCUT2D eigenvalue weighted by atomic mass is 32.2. The molecule has 2 aromatic rings. The summed E-state index contributed by atoms with van der Waals surface area (Å²) in [6.45, 7) is 3.94. The lowest BCUT2D eigenvalue weighted by Crippen LogP contribution is -2.20. The monoisotopic (exact) mass is 533 g/mol. The van der Waals surface area contributed by atoms with Crippen LogP contribution >= 0.6 is 0 Å². The number of hydrogen-bond acceptors (Lipinski definition) is 7. The van der Waals surface area contributed by atoms with Gasteiger partial charge < -0.3 is 14.8 Å². The van der Waals surface area contributed by atoms with Crippen molar-refractivity contribution in [3.8, 4) is 0 Å². The van der Waals surface area contributed by atoms with Crippen LogP contribution in [-0.2, 0) is 24.1 Å². The molecule has 198 valence electrons. The molecule has 3 aliphatic rings. The van der Waals surface area contributed by atoms with Crippen molar-refractivity contribution < 1.29 is 31.5 Å². The van der Waals surface area contributed by atoms with Crippen LogP contribution in [0.2, 0.25) is 0 Å². The summed E-state index contributed by atoms with van der Waals surface area (Å²) in [5.74, 6) is -1.55. The first kappa shape index (κ1) is 25.9. The van der Waals surface area contributed by atoms with E-state index in [9.17, 15) is 22.0 Å². The quantitative estimate of drug-likeness (QED) is 0.528. The molecule has 11 heteroatoms. The fraction of sp³-hybridized carbons (Fsp3) is 0.500. The molecule has 8 nitrogen and oxygen atoms in total. The minimum absolute atomic E-state index is 0.0274. The van der Waals surface area contributed by atoms with Gasteiger partial charge in [-0.15, -0.1) is 0 Å². The molecular formula is C26H29F2N3O5S. The van der Waals surface area contributed by atoms with Gasteiger partial charge in [0.25, 0.3) is 5.91 Å². The summed E-state index contributed by atoms with van der Waals surface area (Å²) in [5, 5.41) is 2.33. The maximum atomic E-state index is 13.8. The predicted octanol–water partition coefficient (Wildman–Crippen LogP) is 4.35. The van der Waals surface area contributed by atoms with Gasteiger partial charge in [0.2, 0.25) is 0 Å². The molecule has 5 rings (SSSR count). The molecule has 4 atom stereocenters. The second-order valence-electron chi connectivity index (χ2n) is 10.2. The second-order valence-corrected chi connectivity index (χ2v) is 12.4. The van der Waals surface area contributed by atoms with Crippen LogP contribution in [0, 0.1) is 5.92 Å². The summed E-state index contributed by atoms with van der Waals surface area (Å²) in [4.78, 5) is 22.1. The lowest BCUT2D eigenvalue weighted by atomic mass is 9.98. The summed E-state index contributed by atoms with van der Waals surface area (Å²) in [7, 11) is -3.39. The first-order valence-corrected chi connectivity index (χ1v) is 13.9. The van der Waals surface area contributed by atoms with Crippen LogP contribution in [0.15, 0.2) is 47.6 Å². The van der Waals surface area contributed by atoms with Crippen LogP contribution < -0.4 is 5.32 Å². The van der Waals surface area contributed by atoms with Crippen molar-refractivity contribution in [2.75, 3.05) is 11.9 Å². The van der Waals surface area contributed by atoms with Crippen molar-refractivity contribution in [1.82, 2.24) is 9.97 Å². The highest BCUT2D eigenvalue weighted by Crippen LogP contribution is 2.36. The molecule has 0 spiro atoms. The van der Waals surface area contributed by atoms with Gasteiger partial charge in [0.1, 0.15) is 18.4 Å². The number of aromatic nitrogens is 2. The number of nitrogens with one attached hydrogen (secondary N) is 1. The Morgan fingerprint density at radius 2 is 1.76 bits per heavy atom. The van der Waals surface area contributed by atoms with Crippen LogP contribution in [0.5, 0.6) is 0 Å². The van der Waals surface area contributed by atoms with Crippen LogP contribution in [0.1, 0.15) is 56.9 Å². The molecule has 2 saturated carbocycles. The maximum absolute atomic E-state index is 13.8. The molecule has 1 saturated heterocycles. The highest BCUT2D eigenvalue weighted by Gasteiger charge is 2.37. The average molecular weight is 534 g/mol. The number of sulfone groups is 1.